The molecular formula is C15H16N2O. The third-order valence-corrected chi connectivity index (χ3v) is 3.53. The van der Waals surface area contributed by atoms with Gasteiger partial charge in [0.15, 0.2) is 0 Å². The average molecular weight is 240 g/mol. The van der Waals surface area contributed by atoms with E-state index >= 15 is 0 Å². The van der Waals surface area contributed by atoms with Gasteiger partial charge in [0.2, 0.25) is 0 Å². The van der Waals surface area contributed by atoms with Gasteiger partial charge in [-0.1, -0.05) is 11.6 Å². The van der Waals surface area contributed by atoms with Gasteiger partial charge in [0.05, 0.1) is 16.8 Å². The third kappa shape index (κ3) is 1.76. The summed E-state index contributed by atoms with van der Waals surface area (Å²) in [6, 6.07) is 8.11. The fraction of sp³-hybridized carbons (Fsp3) is 0.333. The van der Waals surface area contributed by atoms with Crippen LogP contribution in [0.3, 0.4) is 0 Å². The molecule has 2 aromatic rings. The molecule has 1 fully saturated rings. The van der Waals surface area contributed by atoms with E-state index in [1.54, 1.807) is 0 Å². The maximum Gasteiger partial charge on any atom is 0.255 e. The van der Waals surface area contributed by atoms with Crippen LogP contribution in [0.2, 0.25) is 0 Å². The summed E-state index contributed by atoms with van der Waals surface area (Å²) in [5.74, 6) is 0.120. The topological polar surface area (TPSA) is 33.2 Å². The number of hydrogen-bond donors (Lipinski definition) is 0. The minimum atomic E-state index is 0.120. The first-order valence-electron chi connectivity index (χ1n) is 6.32. The zero-order valence-corrected chi connectivity index (χ0v) is 10.7. The van der Waals surface area contributed by atoms with Crippen molar-refractivity contribution in [1.29, 1.82) is 0 Å². The standard InChI is InChI=1S/C15H16N2O/c1-10-4-5-14-12(8-10)9-13(11(2)16-14)15(18)17-6-3-7-17/h4-5,8-9H,3,6-7H2,1-2H3. The minimum absolute atomic E-state index is 0.120. The first-order chi connectivity index (χ1) is 8.65. The molecule has 0 unspecified atom stereocenters. The minimum Gasteiger partial charge on any atom is -0.338 e. The van der Waals surface area contributed by atoms with E-state index in [0.717, 1.165) is 41.7 Å². The van der Waals surface area contributed by atoms with E-state index in [1.807, 2.05) is 30.0 Å². The summed E-state index contributed by atoms with van der Waals surface area (Å²) in [6.45, 7) is 5.72. The van der Waals surface area contributed by atoms with Crippen LogP contribution in [0.15, 0.2) is 24.3 Å². The largest absolute Gasteiger partial charge is 0.338 e. The zero-order chi connectivity index (χ0) is 12.7. The zero-order valence-electron chi connectivity index (χ0n) is 10.7. The average Bonchev–Trinajstić information content (AvgIpc) is 2.26. The highest BCUT2D eigenvalue weighted by Crippen LogP contribution is 2.21. The monoisotopic (exact) mass is 240 g/mol. The van der Waals surface area contributed by atoms with Crippen LogP contribution < -0.4 is 0 Å². The highest BCUT2D eigenvalue weighted by atomic mass is 16.2. The Morgan fingerprint density at radius 2 is 2.00 bits per heavy atom. The predicted molar refractivity (Wildman–Crippen MR) is 71.7 cm³/mol. The van der Waals surface area contributed by atoms with Gasteiger partial charge in [-0.15, -0.1) is 0 Å². The van der Waals surface area contributed by atoms with Gasteiger partial charge in [-0.3, -0.25) is 9.78 Å². The lowest BCUT2D eigenvalue weighted by molar-refractivity contribution is 0.0651. The SMILES string of the molecule is Cc1ccc2nc(C)c(C(=O)N3CCC3)cc2c1. The number of carbonyl (C=O) groups is 1. The Kier molecular flexibility index (Phi) is 2.54. The van der Waals surface area contributed by atoms with Crippen LogP contribution in [0.4, 0.5) is 0 Å². The highest BCUT2D eigenvalue weighted by molar-refractivity contribution is 5.99. The van der Waals surface area contributed by atoms with E-state index in [-0.39, 0.29) is 5.91 Å². The quantitative estimate of drug-likeness (QED) is 0.767. The van der Waals surface area contributed by atoms with Crippen LogP contribution in [0, 0.1) is 13.8 Å². The van der Waals surface area contributed by atoms with E-state index in [9.17, 15) is 4.79 Å². The Morgan fingerprint density at radius 1 is 1.22 bits per heavy atom. The number of fused-ring (bicyclic) bond motifs is 1. The summed E-state index contributed by atoms with van der Waals surface area (Å²) in [4.78, 5) is 18.7. The maximum atomic E-state index is 12.3. The number of hydrogen-bond acceptors (Lipinski definition) is 2. The van der Waals surface area contributed by atoms with Gasteiger partial charge in [-0.25, -0.2) is 0 Å². The molecule has 0 radical (unpaired) electrons. The number of nitrogens with zero attached hydrogens (tertiary/aromatic N) is 2. The molecule has 18 heavy (non-hydrogen) atoms. The fourth-order valence-electron chi connectivity index (χ4n) is 2.30. The van der Waals surface area contributed by atoms with Crippen LogP contribution >= 0.6 is 0 Å². The molecule has 0 N–H and O–H groups in total. The van der Waals surface area contributed by atoms with Crippen molar-refractivity contribution >= 4 is 16.8 Å². The van der Waals surface area contributed by atoms with Gasteiger partial charge in [0, 0.05) is 18.5 Å². The van der Waals surface area contributed by atoms with E-state index < -0.39 is 0 Å². The van der Waals surface area contributed by atoms with Crippen molar-refractivity contribution in [3.8, 4) is 0 Å². The molecular weight excluding hydrogens is 224 g/mol. The van der Waals surface area contributed by atoms with Crippen molar-refractivity contribution in [3.63, 3.8) is 0 Å². The van der Waals surface area contributed by atoms with Crippen LogP contribution in [0.25, 0.3) is 10.9 Å². The molecule has 1 aliphatic rings. The van der Waals surface area contributed by atoms with Crippen LogP contribution in [0.1, 0.15) is 28.0 Å². The van der Waals surface area contributed by atoms with Gasteiger partial charge in [0.25, 0.3) is 5.91 Å². The molecule has 0 aliphatic carbocycles. The summed E-state index contributed by atoms with van der Waals surface area (Å²) < 4.78 is 0. The smallest absolute Gasteiger partial charge is 0.255 e. The number of rotatable bonds is 1. The molecule has 2 heterocycles. The molecule has 3 rings (SSSR count). The fourth-order valence-corrected chi connectivity index (χ4v) is 2.30. The van der Waals surface area contributed by atoms with Crippen molar-refractivity contribution < 1.29 is 4.79 Å². The molecule has 0 bridgehead atoms. The number of aryl methyl sites for hydroxylation is 2. The number of carbonyl (C=O) groups excluding carboxylic acids is 1. The van der Waals surface area contributed by atoms with E-state index in [2.05, 4.69) is 18.0 Å². The summed E-state index contributed by atoms with van der Waals surface area (Å²) in [7, 11) is 0. The molecule has 1 saturated heterocycles. The second-order valence-corrected chi connectivity index (χ2v) is 4.96. The van der Waals surface area contributed by atoms with Gasteiger partial charge >= 0.3 is 0 Å². The molecule has 1 aromatic carbocycles. The number of benzene rings is 1. The third-order valence-electron chi connectivity index (χ3n) is 3.53. The van der Waals surface area contributed by atoms with Crippen molar-refractivity contribution in [2.75, 3.05) is 13.1 Å². The molecule has 0 spiro atoms. The Bertz CT molecular complexity index is 630. The second kappa shape index (κ2) is 4.09. The summed E-state index contributed by atoms with van der Waals surface area (Å²) in [6.07, 6.45) is 1.12. The summed E-state index contributed by atoms with van der Waals surface area (Å²) >= 11 is 0. The van der Waals surface area contributed by atoms with E-state index in [1.165, 1.54) is 5.56 Å². The first kappa shape index (κ1) is 11.2. The van der Waals surface area contributed by atoms with E-state index in [0.29, 0.717) is 0 Å². The van der Waals surface area contributed by atoms with Gasteiger partial charge in [-0.05, 0) is 38.5 Å². The summed E-state index contributed by atoms with van der Waals surface area (Å²) in [5, 5.41) is 1.05. The normalized spacial score (nSPS) is 14.7. The molecule has 1 aromatic heterocycles. The van der Waals surface area contributed by atoms with Gasteiger partial charge in [0.1, 0.15) is 0 Å². The van der Waals surface area contributed by atoms with Crippen LogP contribution in [-0.4, -0.2) is 28.9 Å². The Balaban J connectivity index is 2.10. The van der Waals surface area contributed by atoms with Gasteiger partial charge < -0.3 is 4.90 Å². The van der Waals surface area contributed by atoms with Crippen molar-refractivity contribution in [1.82, 2.24) is 9.88 Å². The number of aromatic nitrogens is 1. The number of amides is 1. The lowest BCUT2D eigenvalue weighted by Gasteiger charge is -2.31. The predicted octanol–water partition coefficient (Wildman–Crippen LogP) is 2.70. The Labute approximate surface area is 106 Å². The number of likely N-dealkylation sites (tertiary alicyclic amines) is 1. The Morgan fingerprint density at radius 3 is 2.67 bits per heavy atom. The van der Waals surface area contributed by atoms with Crippen molar-refractivity contribution in [3.05, 3.63) is 41.1 Å². The highest BCUT2D eigenvalue weighted by Gasteiger charge is 2.23. The maximum absolute atomic E-state index is 12.3. The van der Waals surface area contributed by atoms with Crippen LogP contribution in [0.5, 0.6) is 0 Å². The summed E-state index contributed by atoms with van der Waals surface area (Å²) in [5.41, 5.74) is 3.71. The molecule has 1 aliphatic heterocycles. The molecule has 0 saturated carbocycles. The van der Waals surface area contributed by atoms with Crippen LogP contribution in [-0.2, 0) is 0 Å². The lowest BCUT2D eigenvalue weighted by Crippen LogP contribution is -2.42. The molecule has 3 heteroatoms. The van der Waals surface area contributed by atoms with E-state index in [4.69, 9.17) is 0 Å². The van der Waals surface area contributed by atoms with Gasteiger partial charge in [-0.2, -0.15) is 0 Å². The Hall–Kier alpha value is -1.90. The molecule has 1 amide bonds. The lowest BCUT2D eigenvalue weighted by atomic mass is 10.1. The molecule has 3 nitrogen and oxygen atoms in total. The molecule has 0 atom stereocenters. The molecule has 92 valence electrons. The first-order valence-corrected chi connectivity index (χ1v) is 6.32. The second-order valence-electron chi connectivity index (χ2n) is 4.96. The van der Waals surface area contributed by atoms with Crippen molar-refractivity contribution in [2.24, 2.45) is 0 Å². The number of pyridine rings is 1. The van der Waals surface area contributed by atoms with Crippen molar-refractivity contribution in [2.45, 2.75) is 20.3 Å².